The maximum atomic E-state index is 4.01. The summed E-state index contributed by atoms with van der Waals surface area (Å²) in [6.45, 7) is 7.55. The number of nitrogens with one attached hydrogen (secondary N) is 1. The second kappa shape index (κ2) is 3.14. The summed E-state index contributed by atoms with van der Waals surface area (Å²) in [6, 6.07) is 0. The van der Waals surface area contributed by atoms with Crippen molar-refractivity contribution >= 4 is 12.1 Å². The molecule has 3 heteroatoms. The second-order valence-electron chi connectivity index (χ2n) is 2.44. The van der Waals surface area contributed by atoms with Gasteiger partial charge in [0.25, 0.3) is 0 Å². The first kappa shape index (κ1) is 7.72. The summed E-state index contributed by atoms with van der Waals surface area (Å²) in [5.41, 5.74) is 5.02. The molecule has 0 saturated heterocycles. The molecular formula is C8H11N3. The Hall–Kier alpha value is -1.38. The lowest BCUT2D eigenvalue weighted by molar-refractivity contribution is 1.06. The van der Waals surface area contributed by atoms with E-state index < -0.39 is 0 Å². The lowest BCUT2D eigenvalue weighted by Gasteiger charge is -1.97. The highest BCUT2D eigenvalue weighted by atomic mass is 15.3. The summed E-state index contributed by atoms with van der Waals surface area (Å²) in [7, 11) is 0. The molecule has 0 unspecified atom stereocenters. The Morgan fingerprint density at radius 3 is 3.00 bits per heavy atom. The minimum Gasteiger partial charge on any atom is -0.261 e. The molecule has 1 aliphatic rings. The Morgan fingerprint density at radius 2 is 2.45 bits per heavy atom. The molecule has 1 heterocycles. The molecule has 0 saturated carbocycles. The van der Waals surface area contributed by atoms with Crippen LogP contribution in [0.25, 0.3) is 0 Å². The van der Waals surface area contributed by atoms with E-state index >= 15 is 0 Å². The molecule has 0 aromatic heterocycles. The average Bonchev–Trinajstić information content (AvgIpc) is 2.36. The van der Waals surface area contributed by atoms with Crippen molar-refractivity contribution in [3.8, 4) is 0 Å². The van der Waals surface area contributed by atoms with Crippen molar-refractivity contribution in [3.05, 3.63) is 23.9 Å². The molecule has 1 N–H and O–H groups in total. The van der Waals surface area contributed by atoms with Gasteiger partial charge in [-0.3, -0.25) is 5.43 Å². The van der Waals surface area contributed by atoms with Crippen LogP contribution in [0.5, 0.6) is 0 Å². The highest BCUT2D eigenvalue weighted by Gasteiger charge is 2.09. The first-order valence-corrected chi connectivity index (χ1v) is 3.41. The topological polar surface area (TPSA) is 36.8 Å². The van der Waals surface area contributed by atoms with Gasteiger partial charge in [0.1, 0.15) is 0 Å². The van der Waals surface area contributed by atoms with E-state index in [1.54, 1.807) is 6.21 Å². The van der Waals surface area contributed by atoms with Gasteiger partial charge in [0.15, 0.2) is 5.84 Å². The van der Waals surface area contributed by atoms with Crippen molar-refractivity contribution in [1.82, 2.24) is 5.43 Å². The van der Waals surface area contributed by atoms with Gasteiger partial charge >= 0.3 is 0 Å². The summed E-state index contributed by atoms with van der Waals surface area (Å²) in [5, 5.41) is 3.87. The van der Waals surface area contributed by atoms with Gasteiger partial charge in [0, 0.05) is 11.8 Å². The second-order valence-corrected chi connectivity index (χ2v) is 2.44. The van der Waals surface area contributed by atoms with E-state index in [9.17, 15) is 0 Å². The molecule has 1 rings (SSSR count). The van der Waals surface area contributed by atoms with Crippen molar-refractivity contribution in [2.75, 3.05) is 0 Å². The molecule has 0 atom stereocenters. The lowest BCUT2D eigenvalue weighted by Crippen LogP contribution is -2.13. The Morgan fingerprint density at radius 1 is 1.73 bits per heavy atom. The summed E-state index contributed by atoms with van der Waals surface area (Å²) in [6.07, 6.45) is 3.26. The van der Waals surface area contributed by atoms with Crippen molar-refractivity contribution in [3.63, 3.8) is 0 Å². The molecule has 58 valence electrons. The number of rotatable bonds is 1. The molecule has 0 aliphatic carbocycles. The van der Waals surface area contributed by atoms with Crippen LogP contribution in [-0.2, 0) is 0 Å². The first-order valence-electron chi connectivity index (χ1n) is 3.41. The minimum absolute atomic E-state index is 0.778. The third-order valence-electron chi connectivity index (χ3n) is 1.38. The minimum atomic E-state index is 0.778. The van der Waals surface area contributed by atoms with Gasteiger partial charge in [0.2, 0.25) is 0 Å². The van der Waals surface area contributed by atoms with E-state index in [2.05, 4.69) is 22.1 Å². The largest absolute Gasteiger partial charge is 0.261 e. The SMILES string of the molecule is C=CN=C1NN=CC1=C(C)C. The zero-order chi connectivity index (χ0) is 8.27. The van der Waals surface area contributed by atoms with E-state index in [1.165, 1.54) is 11.8 Å². The van der Waals surface area contributed by atoms with Gasteiger partial charge in [-0.15, -0.1) is 0 Å². The Kier molecular flexibility index (Phi) is 2.21. The van der Waals surface area contributed by atoms with Crippen LogP contribution in [0.4, 0.5) is 0 Å². The van der Waals surface area contributed by atoms with Gasteiger partial charge in [-0.1, -0.05) is 12.2 Å². The van der Waals surface area contributed by atoms with E-state index in [1.807, 2.05) is 13.8 Å². The molecule has 11 heavy (non-hydrogen) atoms. The smallest absolute Gasteiger partial charge is 0.154 e. The number of hydrogen-bond donors (Lipinski definition) is 1. The molecule has 0 amide bonds. The van der Waals surface area contributed by atoms with E-state index in [-0.39, 0.29) is 0 Å². The predicted molar refractivity (Wildman–Crippen MR) is 47.6 cm³/mol. The van der Waals surface area contributed by atoms with Crippen LogP contribution in [0.2, 0.25) is 0 Å². The van der Waals surface area contributed by atoms with Crippen LogP contribution in [-0.4, -0.2) is 12.1 Å². The first-order chi connectivity index (χ1) is 5.25. The van der Waals surface area contributed by atoms with Gasteiger partial charge in [-0.25, -0.2) is 4.99 Å². The van der Waals surface area contributed by atoms with Crippen LogP contribution in [0.3, 0.4) is 0 Å². The zero-order valence-corrected chi connectivity index (χ0v) is 6.76. The lowest BCUT2D eigenvalue weighted by atomic mass is 10.1. The summed E-state index contributed by atoms with van der Waals surface area (Å²) in [4.78, 5) is 4.01. The molecule has 0 aromatic rings. The van der Waals surface area contributed by atoms with Crippen LogP contribution >= 0.6 is 0 Å². The maximum absolute atomic E-state index is 4.01. The highest BCUT2D eigenvalue weighted by molar-refractivity contribution is 6.18. The van der Waals surface area contributed by atoms with Gasteiger partial charge in [-0.2, -0.15) is 5.10 Å². The molecule has 0 radical (unpaired) electrons. The van der Waals surface area contributed by atoms with E-state index in [4.69, 9.17) is 0 Å². The number of hydrogen-bond acceptors (Lipinski definition) is 2. The number of allylic oxidation sites excluding steroid dienone is 1. The van der Waals surface area contributed by atoms with Crippen molar-refractivity contribution in [2.24, 2.45) is 10.1 Å². The molecule has 0 aromatic carbocycles. The highest BCUT2D eigenvalue weighted by Crippen LogP contribution is 2.06. The molecule has 0 spiro atoms. The standard InChI is InChI=1S/C8H11N3/c1-4-9-8-7(6(2)3)5-10-11-8/h4-5H,1H2,2-3H3,(H,9,11). The van der Waals surface area contributed by atoms with Gasteiger partial charge < -0.3 is 0 Å². The fourth-order valence-electron chi connectivity index (χ4n) is 0.835. The molecule has 1 aliphatic heterocycles. The van der Waals surface area contributed by atoms with Crippen LogP contribution in [0, 0.1) is 0 Å². The summed E-state index contributed by atoms with van der Waals surface area (Å²) >= 11 is 0. The number of amidine groups is 1. The summed E-state index contributed by atoms with van der Waals surface area (Å²) < 4.78 is 0. The Bertz CT molecular complexity index is 255. The summed E-state index contributed by atoms with van der Waals surface area (Å²) in [5.74, 6) is 0.778. The fraction of sp³-hybridized carbons (Fsp3) is 0.250. The Labute approximate surface area is 66.2 Å². The molecule has 0 fully saturated rings. The van der Waals surface area contributed by atoms with Gasteiger partial charge in [-0.05, 0) is 13.8 Å². The quantitative estimate of drug-likeness (QED) is 0.602. The molecule has 3 nitrogen and oxygen atoms in total. The third kappa shape index (κ3) is 1.55. The van der Waals surface area contributed by atoms with Crippen molar-refractivity contribution in [1.29, 1.82) is 0 Å². The van der Waals surface area contributed by atoms with Crippen molar-refractivity contribution < 1.29 is 0 Å². The van der Waals surface area contributed by atoms with Crippen LogP contribution in [0.15, 0.2) is 34.0 Å². The predicted octanol–water partition coefficient (Wildman–Crippen LogP) is 1.45. The monoisotopic (exact) mass is 149 g/mol. The van der Waals surface area contributed by atoms with Crippen LogP contribution in [0.1, 0.15) is 13.8 Å². The third-order valence-corrected chi connectivity index (χ3v) is 1.38. The molecular weight excluding hydrogens is 138 g/mol. The Balaban J connectivity index is 2.98. The number of nitrogens with zero attached hydrogens (tertiary/aromatic N) is 2. The average molecular weight is 149 g/mol. The fourth-order valence-corrected chi connectivity index (χ4v) is 0.835. The maximum Gasteiger partial charge on any atom is 0.154 e. The zero-order valence-electron chi connectivity index (χ0n) is 6.76. The van der Waals surface area contributed by atoms with Crippen molar-refractivity contribution in [2.45, 2.75) is 13.8 Å². The number of hydrazone groups is 1. The number of aliphatic imine (C=N–C) groups is 1. The van der Waals surface area contributed by atoms with E-state index in [0.717, 1.165) is 11.4 Å². The normalized spacial score (nSPS) is 18.7. The van der Waals surface area contributed by atoms with Crippen LogP contribution < -0.4 is 5.43 Å². The molecule has 0 bridgehead atoms. The van der Waals surface area contributed by atoms with Gasteiger partial charge in [0.05, 0.1) is 6.21 Å². The van der Waals surface area contributed by atoms with E-state index in [0.29, 0.717) is 0 Å².